The summed E-state index contributed by atoms with van der Waals surface area (Å²) in [6, 6.07) is 10.8. The number of hydrogen-bond acceptors (Lipinski definition) is 0. The summed E-state index contributed by atoms with van der Waals surface area (Å²) in [5.74, 6) is 3.00. The maximum atomic E-state index is 5.78. The van der Waals surface area contributed by atoms with E-state index in [1.807, 2.05) is 0 Å². The number of quaternary nitrogens is 1. The Bertz CT molecular complexity index is 405. The minimum atomic E-state index is 0. The molecule has 0 saturated heterocycles. The van der Waals surface area contributed by atoms with E-state index < -0.39 is 0 Å². The topological polar surface area (TPSA) is 0 Å². The van der Waals surface area contributed by atoms with Crippen LogP contribution in [-0.2, 0) is 6.54 Å². The summed E-state index contributed by atoms with van der Waals surface area (Å²) in [6.45, 7) is 7.94. The summed E-state index contributed by atoms with van der Waals surface area (Å²) >= 11 is 2.46. The third-order valence-electron chi connectivity index (χ3n) is 3.87. The van der Waals surface area contributed by atoms with Gasteiger partial charge in [0.25, 0.3) is 0 Å². The molecule has 1 aromatic rings. The first kappa shape index (κ1) is 20.8. The van der Waals surface area contributed by atoms with Crippen molar-refractivity contribution in [2.24, 2.45) is 0 Å². The first-order valence-corrected chi connectivity index (χ1v) is 8.93. The van der Waals surface area contributed by atoms with Gasteiger partial charge in [0, 0.05) is 28.2 Å². The molecule has 3 heteroatoms. The molecule has 0 aliphatic rings. The number of rotatable bonds is 9. The van der Waals surface area contributed by atoms with Crippen molar-refractivity contribution < 1.29 is 16.9 Å². The van der Waals surface area contributed by atoms with Gasteiger partial charge in [0.2, 0.25) is 4.05 Å². The van der Waals surface area contributed by atoms with Crippen LogP contribution in [0.15, 0.2) is 30.3 Å². The number of hydrogen-bond donors (Lipinski definition) is 0. The fraction of sp³-hybridized carbons (Fsp3) is 0.556. The molecule has 21 heavy (non-hydrogen) atoms. The molecular formula is C18H27ClIN. The molecule has 1 nitrogen and oxygen atoms in total. The molecule has 0 amide bonds. The number of unbranched alkanes of at least 4 members (excludes halogenated alkanes) is 2. The molecule has 0 bridgehead atoms. The largest absolute Gasteiger partial charge is 1.00 e. The van der Waals surface area contributed by atoms with Crippen LogP contribution >= 0.6 is 22.6 Å². The maximum Gasteiger partial charge on any atom is 0.200 e. The summed E-state index contributed by atoms with van der Waals surface area (Å²) in [4.78, 5) is 0. The molecule has 0 aliphatic carbocycles. The molecule has 1 atom stereocenters. The van der Waals surface area contributed by atoms with Gasteiger partial charge in [0.1, 0.15) is 6.54 Å². The van der Waals surface area contributed by atoms with Crippen LogP contribution in [0.3, 0.4) is 0 Å². The van der Waals surface area contributed by atoms with Crippen molar-refractivity contribution in [2.45, 2.75) is 50.1 Å². The molecule has 0 aliphatic heterocycles. The minimum absolute atomic E-state index is 0. The van der Waals surface area contributed by atoms with Crippen LogP contribution in [0.4, 0.5) is 0 Å². The molecule has 0 spiro atoms. The van der Waals surface area contributed by atoms with E-state index in [2.05, 4.69) is 72.7 Å². The molecule has 0 radical (unpaired) electrons. The van der Waals surface area contributed by atoms with Gasteiger partial charge in [-0.25, -0.2) is 0 Å². The van der Waals surface area contributed by atoms with Crippen molar-refractivity contribution in [3.63, 3.8) is 0 Å². The second-order valence-corrected chi connectivity index (χ2v) is 6.70. The average Bonchev–Trinajstić information content (AvgIpc) is 2.50. The predicted molar refractivity (Wildman–Crippen MR) is 96.6 cm³/mol. The van der Waals surface area contributed by atoms with E-state index in [0.717, 1.165) is 11.0 Å². The first-order chi connectivity index (χ1) is 9.68. The Morgan fingerprint density at radius 3 is 2.05 bits per heavy atom. The lowest BCUT2D eigenvalue weighted by molar-refractivity contribution is -0.940. The Hall–Kier alpha value is -0.240. The zero-order chi connectivity index (χ0) is 14.8. The van der Waals surface area contributed by atoms with Crippen LogP contribution in [0.25, 0.3) is 0 Å². The summed E-state index contributed by atoms with van der Waals surface area (Å²) in [5, 5.41) is 0. The van der Waals surface area contributed by atoms with E-state index in [1.54, 1.807) is 0 Å². The van der Waals surface area contributed by atoms with Gasteiger partial charge in [0.05, 0.1) is 13.1 Å². The Kier molecular flexibility index (Phi) is 11.2. The van der Waals surface area contributed by atoms with Crippen molar-refractivity contribution in [3.05, 3.63) is 35.9 Å². The van der Waals surface area contributed by atoms with E-state index in [1.165, 1.54) is 44.3 Å². The molecule has 1 rings (SSSR count). The van der Waals surface area contributed by atoms with E-state index >= 15 is 0 Å². The Morgan fingerprint density at radius 1 is 1.10 bits per heavy atom. The van der Waals surface area contributed by atoms with Gasteiger partial charge >= 0.3 is 0 Å². The molecule has 0 N–H and O–H groups in total. The lowest BCUT2D eigenvalue weighted by atomic mass is 10.1. The first-order valence-electron chi connectivity index (χ1n) is 7.68. The zero-order valence-corrected chi connectivity index (χ0v) is 16.1. The third-order valence-corrected chi connectivity index (χ3v) is 5.41. The highest BCUT2D eigenvalue weighted by atomic mass is 127. The van der Waals surface area contributed by atoms with Crippen LogP contribution in [0.1, 0.15) is 45.1 Å². The lowest BCUT2D eigenvalue weighted by Crippen LogP contribution is -3.00. The summed E-state index contributed by atoms with van der Waals surface area (Å²) < 4.78 is 1.29. The molecular weight excluding hydrogens is 393 g/mol. The summed E-state index contributed by atoms with van der Waals surface area (Å²) in [6.07, 6.45) is 10.7. The average molecular weight is 420 g/mol. The fourth-order valence-corrected chi connectivity index (χ4v) is 3.38. The van der Waals surface area contributed by atoms with Gasteiger partial charge in [0.15, 0.2) is 0 Å². The van der Waals surface area contributed by atoms with Crippen LogP contribution in [-0.4, -0.2) is 21.6 Å². The van der Waals surface area contributed by atoms with Crippen LogP contribution in [0, 0.1) is 12.3 Å². The Morgan fingerprint density at radius 2 is 1.62 bits per heavy atom. The standard InChI is InChI=1S/C18H27IN.ClH/c1-4-7-14-20(15-8-5-2,18(19)6-3)16-17-12-10-9-11-13-17;/h3,9-13,18H,4-5,7-8,14-16H2,1-2H3;1H/q+1;/p-1. The Balaban J connectivity index is 0.00000400. The monoisotopic (exact) mass is 419 g/mol. The zero-order valence-electron chi connectivity index (χ0n) is 13.2. The highest BCUT2D eigenvalue weighted by molar-refractivity contribution is 14.1. The highest BCUT2D eigenvalue weighted by Gasteiger charge is 2.33. The number of halogens is 2. The second kappa shape index (κ2) is 11.3. The van der Waals surface area contributed by atoms with Crippen molar-refractivity contribution in [1.82, 2.24) is 0 Å². The van der Waals surface area contributed by atoms with Gasteiger partial charge < -0.3 is 12.4 Å². The molecule has 0 aromatic heterocycles. The number of terminal acetylenes is 1. The number of alkyl halides is 1. The predicted octanol–water partition coefficient (Wildman–Crippen LogP) is 2.00. The molecule has 0 heterocycles. The lowest BCUT2D eigenvalue weighted by Gasteiger charge is -2.41. The van der Waals surface area contributed by atoms with Crippen LogP contribution < -0.4 is 12.4 Å². The van der Waals surface area contributed by atoms with E-state index in [0.29, 0.717) is 0 Å². The summed E-state index contributed by atoms with van der Waals surface area (Å²) in [5.41, 5.74) is 1.40. The third kappa shape index (κ3) is 6.59. The minimum Gasteiger partial charge on any atom is -1.00 e. The molecule has 0 fully saturated rings. The molecule has 1 aromatic carbocycles. The van der Waals surface area contributed by atoms with E-state index in [4.69, 9.17) is 6.42 Å². The van der Waals surface area contributed by atoms with Crippen molar-refractivity contribution >= 4 is 22.6 Å². The summed E-state index contributed by atoms with van der Waals surface area (Å²) in [7, 11) is 0. The SMILES string of the molecule is C#CC(I)[N+](CCCC)(CCCC)Cc1ccccc1.[Cl-]. The van der Waals surface area contributed by atoms with Crippen molar-refractivity contribution in [3.8, 4) is 12.3 Å². The van der Waals surface area contributed by atoms with Crippen molar-refractivity contribution in [2.75, 3.05) is 13.1 Å². The quantitative estimate of drug-likeness (QED) is 0.189. The normalized spacial score (nSPS) is 12.3. The van der Waals surface area contributed by atoms with Gasteiger partial charge in [-0.15, -0.1) is 6.42 Å². The van der Waals surface area contributed by atoms with Gasteiger partial charge in [-0.1, -0.05) is 57.0 Å². The number of nitrogens with zero attached hydrogens (tertiary/aromatic N) is 1. The highest BCUT2D eigenvalue weighted by Crippen LogP contribution is 2.26. The molecule has 0 saturated carbocycles. The maximum absolute atomic E-state index is 5.78. The van der Waals surface area contributed by atoms with Crippen LogP contribution in [0.5, 0.6) is 0 Å². The molecule has 118 valence electrons. The smallest absolute Gasteiger partial charge is 0.200 e. The second-order valence-electron chi connectivity index (χ2n) is 5.52. The number of benzene rings is 1. The fourth-order valence-electron chi connectivity index (χ4n) is 2.63. The van der Waals surface area contributed by atoms with Crippen LogP contribution in [0.2, 0.25) is 0 Å². The van der Waals surface area contributed by atoms with Crippen molar-refractivity contribution in [1.29, 1.82) is 0 Å². The van der Waals surface area contributed by atoms with Gasteiger partial charge in [-0.2, -0.15) is 0 Å². The van der Waals surface area contributed by atoms with E-state index in [9.17, 15) is 0 Å². The van der Waals surface area contributed by atoms with E-state index in [-0.39, 0.29) is 16.5 Å². The molecule has 1 unspecified atom stereocenters. The van der Waals surface area contributed by atoms with Gasteiger partial charge in [-0.3, -0.25) is 4.48 Å². The van der Waals surface area contributed by atoms with Gasteiger partial charge in [-0.05, 0) is 18.8 Å². The Labute approximate surface area is 150 Å².